The van der Waals surface area contributed by atoms with Gasteiger partial charge in [-0.1, -0.05) is 18.2 Å². The van der Waals surface area contributed by atoms with Crippen molar-refractivity contribution < 1.29 is 4.79 Å². The van der Waals surface area contributed by atoms with Crippen molar-refractivity contribution in [3.05, 3.63) is 65.3 Å². The number of carbonyl (C=O) groups is 1. The minimum Gasteiger partial charge on any atom is -0.368 e. The molecule has 26 heavy (non-hydrogen) atoms. The van der Waals surface area contributed by atoms with Crippen LogP contribution in [0.1, 0.15) is 13.8 Å². The molecule has 0 aliphatic rings. The Morgan fingerprint density at radius 1 is 1.23 bits per heavy atom. The van der Waals surface area contributed by atoms with E-state index in [4.69, 9.17) is 5.73 Å². The zero-order chi connectivity index (χ0) is 18.7. The smallest absolute Gasteiger partial charge is 0.333 e. The second-order valence-electron chi connectivity index (χ2n) is 6.29. The summed E-state index contributed by atoms with van der Waals surface area (Å²) in [5, 5.41) is 3.25. The predicted molar refractivity (Wildman–Crippen MR) is 101 cm³/mol. The lowest BCUT2D eigenvalue weighted by molar-refractivity contribution is -0.118. The molecular formula is C19H21N5O2. The molecule has 2 aromatic heterocycles. The van der Waals surface area contributed by atoms with E-state index in [9.17, 15) is 9.59 Å². The van der Waals surface area contributed by atoms with E-state index >= 15 is 0 Å². The molecule has 1 amide bonds. The van der Waals surface area contributed by atoms with Crippen LogP contribution in [-0.2, 0) is 11.3 Å². The molecule has 0 aliphatic carbocycles. The first-order chi connectivity index (χ1) is 12.5. The number of hydrogen-bond acceptors (Lipinski definition) is 4. The number of rotatable bonds is 6. The summed E-state index contributed by atoms with van der Waals surface area (Å²) in [7, 11) is 0. The van der Waals surface area contributed by atoms with E-state index in [0.29, 0.717) is 17.2 Å². The van der Waals surface area contributed by atoms with Crippen LogP contribution in [0, 0.1) is 0 Å². The molecule has 7 nitrogen and oxygen atoms in total. The maximum atomic E-state index is 12.8. The molecule has 0 radical (unpaired) electrons. The molecule has 0 aliphatic heterocycles. The monoisotopic (exact) mass is 351 g/mol. The van der Waals surface area contributed by atoms with Crippen LogP contribution < -0.4 is 16.7 Å². The summed E-state index contributed by atoms with van der Waals surface area (Å²) < 4.78 is 2.89. The SMILES string of the molecule is CC(C)Nc1cc(-c2cn(CC(N)=O)c(=O)n2-c2ccccc2)ccn1. The van der Waals surface area contributed by atoms with Gasteiger partial charge in [0.25, 0.3) is 0 Å². The molecular weight excluding hydrogens is 330 g/mol. The average molecular weight is 351 g/mol. The Labute approximate surface area is 151 Å². The third-order valence-corrected chi connectivity index (χ3v) is 3.79. The lowest BCUT2D eigenvalue weighted by atomic mass is 10.2. The third kappa shape index (κ3) is 3.66. The topological polar surface area (TPSA) is 94.9 Å². The fourth-order valence-electron chi connectivity index (χ4n) is 2.77. The molecule has 0 saturated carbocycles. The number of hydrogen-bond donors (Lipinski definition) is 2. The first kappa shape index (κ1) is 17.5. The van der Waals surface area contributed by atoms with Gasteiger partial charge in [0.2, 0.25) is 5.91 Å². The summed E-state index contributed by atoms with van der Waals surface area (Å²) in [6.45, 7) is 3.88. The van der Waals surface area contributed by atoms with E-state index in [-0.39, 0.29) is 18.3 Å². The Morgan fingerprint density at radius 2 is 1.96 bits per heavy atom. The molecule has 0 spiro atoms. The predicted octanol–water partition coefficient (Wildman–Crippen LogP) is 2.01. The zero-order valence-electron chi connectivity index (χ0n) is 14.7. The summed E-state index contributed by atoms with van der Waals surface area (Å²) >= 11 is 0. The van der Waals surface area contributed by atoms with E-state index in [2.05, 4.69) is 10.3 Å². The van der Waals surface area contributed by atoms with E-state index in [0.717, 1.165) is 5.56 Å². The number of aromatic nitrogens is 3. The number of para-hydroxylation sites is 1. The first-order valence-electron chi connectivity index (χ1n) is 8.34. The van der Waals surface area contributed by atoms with Gasteiger partial charge in [0.15, 0.2) is 0 Å². The number of anilines is 1. The molecule has 7 heteroatoms. The van der Waals surface area contributed by atoms with Gasteiger partial charge in [-0.3, -0.25) is 13.9 Å². The lowest BCUT2D eigenvalue weighted by Gasteiger charge is -2.11. The Hall–Kier alpha value is -3.35. The summed E-state index contributed by atoms with van der Waals surface area (Å²) in [5.41, 5.74) is 7.15. The fourth-order valence-corrected chi connectivity index (χ4v) is 2.77. The van der Waals surface area contributed by atoms with Crippen molar-refractivity contribution in [2.75, 3.05) is 5.32 Å². The third-order valence-electron chi connectivity index (χ3n) is 3.79. The van der Waals surface area contributed by atoms with Gasteiger partial charge in [0.1, 0.15) is 12.4 Å². The molecule has 0 saturated heterocycles. The number of nitrogens with one attached hydrogen (secondary N) is 1. The van der Waals surface area contributed by atoms with Gasteiger partial charge in [-0.25, -0.2) is 9.78 Å². The number of primary amides is 1. The molecule has 1 aromatic carbocycles. The molecule has 0 bridgehead atoms. The van der Waals surface area contributed by atoms with Crippen molar-refractivity contribution in [1.82, 2.24) is 14.1 Å². The van der Waals surface area contributed by atoms with Gasteiger partial charge in [-0.15, -0.1) is 0 Å². The quantitative estimate of drug-likeness (QED) is 0.710. The van der Waals surface area contributed by atoms with Gasteiger partial charge < -0.3 is 11.1 Å². The highest BCUT2D eigenvalue weighted by atomic mass is 16.2. The number of amides is 1. The highest BCUT2D eigenvalue weighted by Gasteiger charge is 2.16. The molecule has 3 rings (SSSR count). The maximum Gasteiger partial charge on any atom is 0.333 e. The summed E-state index contributed by atoms with van der Waals surface area (Å²) in [6, 6.07) is 13.2. The summed E-state index contributed by atoms with van der Waals surface area (Å²) in [6.07, 6.45) is 3.33. The van der Waals surface area contributed by atoms with Gasteiger partial charge >= 0.3 is 5.69 Å². The van der Waals surface area contributed by atoms with Crippen LogP contribution in [0.15, 0.2) is 59.7 Å². The second-order valence-corrected chi connectivity index (χ2v) is 6.29. The molecule has 0 fully saturated rings. The normalized spacial score (nSPS) is 10.9. The molecule has 2 heterocycles. The van der Waals surface area contributed by atoms with E-state index in [1.165, 1.54) is 4.57 Å². The number of imidazole rings is 1. The van der Waals surface area contributed by atoms with Crippen molar-refractivity contribution >= 4 is 11.7 Å². The van der Waals surface area contributed by atoms with Gasteiger partial charge in [0, 0.05) is 24.0 Å². The number of carbonyl (C=O) groups excluding carboxylic acids is 1. The molecule has 3 aromatic rings. The van der Waals surface area contributed by atoms with Gasteiger partial charge in [-0.2, -0.15) is 0 Å². The van der Waals surface area contributed by atoms with Crippen LogP contribution in [0.5, 0.6) is 0 Å². The van der Waals surface area contributed by atoms with Crippen LogP contribution in [0.25, 0.3) is 16.9 Å². The fraction of sp³-hybridized carbons (Fsp3) is 0.211. The number of pyridine rings is 1. The van der Waals surface area contributed by atoms with E-state index < -0.39 is 5.91 Å². The lowest BCUT2D eigenvalue weighted by Crippen LogP contribution is -2.29. The molecule has 3 N–H and O–H groups in total. The van der Waals surface area contributed by atoms with E-state index in [1.807, 2.05) is 56.3 Å². The average Bonchev–Trinajstić information content (AvgIpc) is 2.91. The number of nitrogens with zero attached hydrogens (tertiary/aromatic N) is 3. The zero-order valence-corrected chi connectivity index (χ0v) is 14.7. The largest absolute Gasteiger partial charge is 0.368 e. The van der Waals surface area contributed by atoms with Crippen molar-refractivity contribution in [3.8, 4) is 16.9 Å². The Morgan fingerprint density at radius 3 is 2.62 bits per heavy atom. The Balaban J connectivity index is 2.17. The van der Waals surface area contributed by atoms with Gasteiger partial charge in [-0.05, 0) is 38.1 Å². The van der Waals surface area contributed by atoms with Crippen LogP contribution in [0.2, 0.25) is 0 Å². The van der Waals surface area contributed by atoms with Crippen LogP contribution >= 0.6 is 0 Å². The maximum absolute atomic E-state index is 12.8. The van der Waals surface area contributed by atoms with Crippen molar-refractivity contribution in [2.45, 2.75) is 26.4 Å². The Kier molecular flexibility index (Phi) is 4.88. The van der Waals surface area contributed by atoms with Crippen LogP contribution in [0.3, 0.4) is 0 Å². The molecule has 0 atom stereocenters. The summed E-state index contributed by atoms with van der Waals surface area (Å²) in [5.74, 6) is 0.146. The van der Waals surface area contributed by atoms with Crippen molar-refractivity contribution in [2.24, 2.45) is 5.73 Å². The molecule has 134 valence electrons. The number of nitrogens with two attached hydrogens (primary N) is 1. The van der Waals surface area contributed by atoms with Crippen LogP contribution in [0.4, 0.5) is 5.82 Å². The highest BCUT2D eigenvalue weighted by Crippen LogP contribution is 2.23. The second kappa shape index (κ2) is 7.26. The minimum atomic E-state index is -0.569. The standard InChI is InChI=1S/C19H21N5O2/c1-13(2)22-18-10-14(8-9-21-18)16-11-23(12-17(20)25)19(26)24(16)15-6-4-3-5-7-15/h3-11,13H,12H2,1-2H3,(H2,20,25)(H,21,22). The van der Waals surface area contributed by atoms with Crippen molar-refractivity contribution in [1.29, 1.82) is 0 Å². The highest BCUT2D eigenvalue weighted by molar-refractivity contribution is 5.74. The number of benzene rings is 1. The Bertz CT molecular complexity index is 973. The van der Waals surface area contributed by atoms with Crippen LogP contribution in [-0.4, -0.2) is 26.1 Å². The van der Waals surface area contributed by atoms with Gasteiger partial charge in [0.05, 0.1) is 11.4 Å². The van der Waals surface area contributed by atoms with Crippen molar-refractivity contribution in [3.63, 3.8) is 0 Å². The minimum absolute atomic E-state index is 0.173. The van der Waals surface area contributed by atoms with E-state index in [1.54, 1.807) is 17.0 Å². The molecule has 0 unspecified atom stereocenters. The first-order valence-corrected chi connectivity index (χ1v) is 8.34. The summed E-state index contributed by atoms with van der Waals surface area (Å²) in [4.78, 5) is 28.5.